The fourth-order valence-corrected chi connectivity index (χ4v) is 5.67. The number of esters is 1. The minimum Gasteiger partial charge on any atom is -0.494 e. The molecular weight excluding hydrogens is 514 g/mol. The molecule has 0 radical (unpaired) electrons. The number of aromatic nitrogens is 1. The average Bonchev–Trinajstić information content (AvgIpc) is 3.21. The summed E-state index contributed by atoms with van der Waals surface area (Å²) in [5.41, 5.74) is 1.29. The van der Waals surface area contributed by atoms with E-state index in [-0.39, 0.29) is 23.6 Å². The lowest BCUT2D eigenvalue weighted by Crippen LogP contribution is -2.23. The van der Waals surface area contributed by atoms with Crippen molar-refractivity contribution in [3.63, 3.8) is 0 Å². The van der Waals surface area contributed by atoms with Crippen molar-refractivity contribution in [1.29, 1.82) is 0 Å². The Balaban J connectivity index is 1.63. The van der Waals surface area contributed by atoms with Gasteiger partial charge >= 0.3 is 5.97 Å². The number of sulfonamides is 1. The number of hydrogen-bond acceptors (Lipinski definition) is 7. The number of hydrogen-bond donors (Lipinski definition) is 1. The molecule has 11 heteroatoms. The van der Waals surface area contributed by atoms with E-state index in [0.29, 0.717) is 22.8 Å². The minimum absolute atomic E-state index is 0.103. The second kappa shape index (κ2) is 11.4. The summed E-state index contributed by atoms with van der Waals surface area (Å²) < 4.78 is 40.7. The Labute approximate surface area is 218 Å². The molecule has 0 unspecified atom stereocenters. The molecule has 37 heavy (non-hydrogen) atoms. The van der Waals surface area contributed by atoms with Gasteiger partial charge < -0.3 is 14.0 Å². The smallest absolute Gasteiger partial charge is 0.326 e. The molecular formula is C26H25N3O6S2. The number of nitrogens with zero attached hydrogens (tertiary/aromatic N) is 2. The lowest BCUT2D eigenvalue weighted by Gasteiger charge is -2.08. The van der Waals surface area contributed by atoms with Crippen LogP contribution < -0.4 is 14.3 Å². The summed E-state index contributed by atoms with van der Waals surface area (Å²) in [6.07, 6.45) is 0. The number of rotatable bonds is 9. The van der Waals surface area contributed by atoms with Gasteiger partial charge in [0.15, 0.2) is 4.80 Å². The number of amides is 1. The molecule has 1 heterocycles. The number of ether oxygens (including phenoxy) is 2. The lowest BCUT2D eigenvalue weighted by molar-refractivity contribution is -0.143. The molecule has 0 aliphatic rings. The summed E-state index contributed by atoms with van der Waals surface area (Å²) in [6.45, 7) is 4.25. The van der Waals surface area contributed by atoms with Crippen molar-refractivity contribution < 1.29 is 27.5 Å². The number of thiazole rings is 1. The van der Waals surface area contributed by atoms with Crippen LogP contribution in [0.5, 0.6) is 5.75 Å². The molecule has 0 spiro atoms. The van der Waals surface area contributed by atoms with Crippen LogP contribution in [-0.4, -0.2) is 38.1 Å². The van der Waals surface area contributed by atoms with Gasteiger partial charge in [0.2, 0.25) is 0 Å². The van der Waals surface area contributed by atoms with E-state index in [4.69, 9.17) is 9.47 Å². The Bertz CT molecular complexity index is 1590. The van der Waals surface area contributed by atoms with Crippen molar-refractivity contribution in [2.75, 3.05) is 17.9 Å². The number of anilines is 1. The molecule has 9 nitrogen and oxygen atoms in total. The summed E-state index contributed by atoms with van der Waals surface area (Å²) in [6, 6.07) is 19.4. The largest absolute Gasteiger partial charge is 0.494 e. The van der Waals surface area contributed by atoms with E-state index in [1.165, 1.54) is 47.7 Å². The third-order valence-corrected chi connectivity index (χ3v) is 7.63. The van der Waals surface area contributed by atoms with Crippen LogP contribution in [0.2, 0.25) is 0 Å². The van der Waals surface area contributed by atoms with Gasteiger partial charge in [0.05, 0.1) is 28.3 Å². The number of nitrogens with one attached hydrogen (secondary N) is 1. The average molecular weight is 540 g/mol. The zero-order valence-electron chi connectivity index (χ0n) is 20.2. The third-order valence-electron chi connectivity index (χ3n) is 5.19. The highest BCUT2D eigenvalue weighted by Crippen LogP contribution is 2.24. The molecule has 3 aromatic carbocycles. The van der Waals surface area contributed by atoms with Gasteiger partial charge in [-0.05, 0) is 68.4 Å². The number of benzene rings is 3. The molecule has 4 aromatic rings. The van der Waals surface area contributed by atoms with Crippen LogP contribution in [-0.2, 0) is 26.1 Å². The van der Waals surface area contributed by atoms with Gasteiger partial charge in [-0.15, -0.1) is 0 Å². The lowest BCUT2D eigenvalue weighted by atomic mass is 10.2. The highest BCUT2D eigenvalue weighted by atomic mass is 32.2. The summed E-state index contributed by atoms with van der Waals surface area (Å²) in [5, 5.41) is 0. The highest BCUT2D eigenvalue weighted by molar-refractivity contribution is 7.92. The quantitative estimate of drug-likeness (QED) is 0.319. The van der Waals surface area contributed by atoms with Crippen LogP contribution in [0.1, 0.15) is 24.2 Å². The van der Waals surface area contributed by atoms with Crippen LogP contribution in [0.15, 0.2) is 82.7 Å². The first-order chi connectivity index (χ1) is 17.8. The van der Waals surface area contributed by atoms with Crippen LogP contribution in [0.25, 0.3) is 10.2 Å². The third kappa shape index (κ3) is 6.25. The summed E-state index contributed by atoms with van der Waals surface area (Å²) in [5.74, 6) is -0.308. The monoisotopic (exact) mass is 539 g/mol. The maximum Gasteiger partial charge on any atom is 0.326 e. The summed E-state index contributed by atoms with van der Waals surface area (Å²) in [4.78, 5) is 30.0. The van der Waals surface area contributed by atoms with Crippen molar-refractivity contribution in [3.8, 4) is 5.75 Å². The van der Waals surface area contributed by atoms with E-state index < -0.39 is 21.9 Å². The van der Waals surface area contributed by atoms with E-state index in [2.05, 4.69) is 9.71 Å². The van der Waals surface area contributed by atoms with Crippen molar-refractivity contribution in [1.82, 2.24) is 4.57 Å². The standard InChI is InChI=1S/C26H25N3O6S2/c1-3-34-20-14-15-22-23(16-20)36-26(29(22)17-24(30)35-4-2)27-25(31)18-10-12-19(13-11-18)28-37(32,33)21-8-6-5-7-9-21/h5-16,28H,3-4,17H2,1-2H3. The molecule has 0 saturated heterocycles. The normalized spacial score (nSPS) is 11.9. The maximum absolute atomic E-state index is 13.0. The Morgan fingerprint density at radius 2 is 1.70 bits per heavy atom. The summed E-state index contributed by atoms with van der Waals surface area (Å²) in [7, 11) is -3.75. The molecule has 0 bridgehead atoms. The molecule has 0 aliphatic heterocycles. The molecule has 0 saturated carbocycles. The Kier molecular flexibility index (Phi) is 8.04. The zero-order chi connectivity index (χ0) is 26.4. The fourth-order valence-electron chi connectivity index (χ4n) is 3.53. The first-order valence-corrected chi connectivity index (χ1v) is 13.8. The molecule has 0 fully saturated rings. The first-order valence-electron chi connectivity index (χ1n) is 11.5. The SMILES string of the molecule is CCOC(=O)Cn1c(=NC(=O)c2ccc(NS(=O)(=O)c3ccccc3)cc2)sc2cc(OCC)ccc21. The van der Waals surface area contributed by atoms with Crippen LogP contribution in [0.4, 0.5) is 5.69 Å². The number of carbonyl (C=O) groups excluding carboxylic acids is 2. The molecule has 192 valence electrons. The van der Waals surface area contributed by atoms with Crippen molar-refractivity contribution in [2.24, 2.45) is 4.99 Å². The molecule has 0 aliphatic carbocycles. The van der Waals surface area contributed by atoms with Gasteiger partial charge in [-0.1, -0.05) is 29.5 Å². The Hall–Kier alpha value is -3.96. The first kappa shape index (κ1) is 26.1. The maximum atomic E-state index is 13.0. The van der Waals surface area contributed by atoms with Crippen LogP contribution in [0.3, 0.4) is 0 Å². The van der Waals surface area contributed by atoms with Gasteiger partial charge in [-0.25, -0.2) is 8.42 Å². The van der Waals surface area contributed by atoms with Gasteiger partial charge in [0.25, 0.3) is 15.9 Å². The van der Waals surface area contributed by atoms with E-state index in [0.717, 1.165) is 10.2 Å². The second-order valence-corrected chi connectivity index (χ2v) is 10.4. The number of fused-ring (bicyclic) bond motifs is 1. The van der Waals surface area contributed by atoms with E-state index in [1.54, 1.807) is 35.8 Å². The van der Waals surface area contributed by atoms with Crippen LogP contribution in [0, 0.1) is 0 Å². The summed E-state index contributed by atoms with van der Waals surface area (Å²) >= 11 is 1.25. The van der Waals surface area contributed by atoms with Gasteiger partial charge in [0.1, 0.15) is 12.3 Å². The van der Waals surface area contributed by atoms with Crippen molar-refractivity contribution >= 4 is 49.1 Å². The van der Waals surface area contributed by atoms with E-state index in [1.807, 2.05) is 19.1 Å². The molecule has 1 amide bonds. The van der Waals surface area contributed by atoms with E-state index in [9.17, 15) is 18.0 Å². The highest BCUT2D eigenvalue weighted by Gasteiger charge is 2.16. The van der Waals surface area contributed by atoms with Gasteiger partial charge in [0, 0.05) is 11.3 Å². The topological polar surface area (TPSA) is 116 Å². The molecule has 4 rings (SSSR count). The Morgan fingerprint density at radius 3 is 2.38 bits per heavy atom. The molecule has 0 atom stereocenters. The molecule has 1 N–H and O–H groups in total. The predicted molar refractivity (Wildman–Crippen MR) is 141 cm³/mol. The predicted octanol–water partition coefficient (Wildman–Crippen LogP) is 4.21. The van der Waals surface area contributed by atoms with Crippen molar-refractivity contribution in [3.05, 3.63) is 83.2 Å². The second-order valence-electron chi connectivity index (χ2n) is 7.75. The minimum atomic E-state index is -3.75. The van der Waals surface area contributed by atoms with Gasteiger partial charge in [-0.2, -0.15) is 4.99 Å². The van der Waals surface area contributed by atoms with Gasteiger partial charge in [-0.3, -0.25) is 14.3 Å². The number of carbonyl (C=O) groups is 2. The Morgan fingerprint density at radius 1 is 0.973 bits per heavy atom. The molecule has 1 aromatic heterocycles. The van der Waals surface area contributed by atoms with Crippen LogP contribution >= 0.6 is 11.3 Å². The fraction of sp³-hybridized carbons (Fsp3) is 0.192. The zero-order valence-corrected chi connectivity index (χ0v) is 21.8. The van der Waals surface area contributed by atoms with E-state index >= 15 is 0 Å². The van der Waals surface area contributed by atoms with Crippen molar-refractivity contribution in [2.45, 2.75) is 25.3 Å².